The fourth-order valence-electron chi connectivity index (χ4n) is 4.54. The molecule has 0 fully saturated rings. The van der Waals surface area contributed by atoms with E-state index in [0.717, 1.165) is 54.7 Å². The third-order valence-electron chi connectivity index (χ3n) is 6.84. The molecule has 3 aromatic rings. The smallest absolute Gasteiger partial charge is 0.306 e. The molecule has 0 spiro atoms. The second-order valence-corrected chi connectivity index (χ2v) is 9.90. The van der Waals surface area contributed by atoms with E-state index in [1.165, 1.54) is 43.2 Å². The summed E-state index contributed by atoms with van der Waals surface area (Å²) in [5, 5.41) is 0. The molecule has 0 aliphatic heterocycles. The van der Waals surface area contributed by atoms with E-state index in [0.29, 0.717) is 6.42 Å². The first-order chi connectivity index (χ1) is 18.1. The number of hydrogen-bond acceptors (Lipinski definition) is 3. The third kappa shape index (κ3) is 9.39. The fraction of sp³-hybridized carbons (Fsp3) is 0.441. The molecule has 3 heteroatoms. The first kappa shape index (κ1) is 28.5. The number of rotatable bonds is 16. The lowest BCUT2D eigenvalue weighted by Crippen LogP contribution is -2.08. The first-order valence-electron chi connectivity index (χ1n) is 14.2. The highest BCUT2D eigenvalue weighted by atomic mass is 16.5. The number of carbonyl (C=O) groups is 1. The molecule has 0 bridgehead atoms. The van der Waals surface area contributed by atoms with Gasteiger partial charge in [-0.3, -0.25) is 4.79 Å². The minimum Gasteiger partial charge on any atom is -0.494 e. The van der Waals surface area contributed by atoms with Gasteiger partial charge in [-0.15, -0.1) is 0 Å². The van der Waals surface area contributed by atoms with E-state index in [4.69, 9.17) is 9.47 Å². The maximum Gasteiger partial charge on any atom is 0.306 e. The Morgan fingerprint density at radius 2 is 1.22 bits per heavy atom. The topological polar surface area (TPSA) is 35.5 Å². The fourth-order valence-corrected chi connectivity index (χ4v) is 4.54. The van der Waals surface area contributed by atoms with Crippen molar-refractivity contribution in [2.75, 3.05) is 6.61 Å². The Hall–Kier alpha value is -3.07. The van der Waals surface area contributed by atoms with Crippen LogP contribution in [0.1, 0.15) is 96.6 Å². The quantitative estimate of drug-likeness (QED) is 0.145. The first-order valence-corrected chi connectivity index (χ1v) is 14.2. The Morgan fingerprint density at radius 3 is 1.81 bits per heavy atom. The van der Waals surface area contributed by atoms with Crippen LogP contribution in [0.3, 0.4) is 0 Å². The monoisotopic (exact) mass is 500 g/mol. The van der Waals surface area contributed by atoms with Crippen molar-refractivity contribution in [3.8, 4) is 28.0 Å². The molecule has 0 amide bonds. The minimum absolute atomic E-state index is 0.0994. The van der Waals surface area contributed by atoms with Crippen molar-refractivity contribution in [3.63, 3.8) is 0 Å². The Morgan fingerprint density at radius 1 is 0.676 bits per heavy atom. The molecule has 3 nitrogen and oxygen atoms in total. The van der Waals surface area contributed by atoms with E-state index < -0.39 is 0 Å². The number of hydrogen-bond donors (Lipinski definition) is 0. The van der Waals surface area contributed by atoms with Crippen molar-refractivity contribution < 1.29 is 14.3 Å². The van der Waals surface area contributed by atoms with Crippen LogP contribution in [0.15, 0.2) is 72.8 Å². The van der Waals surface area contributed by atoms with Crippen LogP contribution in [0.25, 0.3) is 22.3 Å². The number of esters is 1. The summed E-state index contributed by atoms with van der Waals surface area (Å²) in [4.78, 5) is 12.3. The van der Waals surface area contributed by atoms with Gasteiger partial charge in [0.05, 0.1) is 6.61 Å². The Balaban J connectivity index is 1.57. The molecule has 0 heterocycles. The van der Waals surface area contributed by atoms with Crippen LogP contribution in [-0.2, 0) is 9.53 Å². The molecule has 198 valence electrons. The van der Waals surface area contributed by atoms with Crippen LogP contribution < -0.4 is 4.74 Å². The highest BCUT2D eigenvalue weighted by Gasteiger charge is 2.13. The zero-order valence-corrected chi connectivity index (χ0v) is 23.0. The van der Waals surface area contributed by atoms with Crippen LogP contribution in [0.5, 0.6) is 5.75 Å². The molecule has 0 aliphatic carbocycles. The largest absolute Gasteiger partial charge is 0.494 e. The van der Waals surface area contributed by atoms with E-state index in [-0.39, 0.29) is 12.1 Å². The summed E-state index contributed by atoms with van der Waals surface area (Å²) < 4.78 is 11.5. The summed E-state index contributed by atoms with van der Waals surface area (Å²) in [7, 11) is 0. The molecule has 0 aliphatic rings. The molecule has 3 rings (SSSR count). The van der Waals surface area contributed by atoms with Gasteiger partial charge in [0, 0.05) is 6.42 Å². The Labute approximate surface area is 224 Å². The second-order valence-electron chi connectivity index (χ2n) is 9.90. The van der Waals surface area contributed by atoms with Crippen molar-refractivity contribution in [1.82, 2.24) is 0 Å². The van der Waals surface area contributed by atoms with Crippen LogP contribution in [0.2, 0.25) is 0 Å². The summed E-state index contributed by atoms with van der Waals surface area (Å²) in [6.07, 6.45) is 10.8. The normalized spacial score (nSPS) is 11.8. The van der Waals surface area contributed by atoms with Crippen LogP contribution in [0.4, 0.5) is 0 Å². The van der Waals surface area contributed by atoms with Gasteiger partial charge in [0.25, 0.3) is 0 Å². The van der Waals surface area contributed by atoms with E-state index in [9.17, 15) is 4.79 Å². The van der Waals surface area contributed by atoms with Crippen molar-refractivity contribution >= 4 is 5.97 Å². The van der Waals surface area contributed by atoms with Gasteiger partial charge in [0.1, 0.15) is 11.9 Å². The molecule has 1 unspecified atom stereocenters. The molecular formula is C34H44O3. The summed E-state index contributed by atoms with van der Waals surface area (Å²) in [5.41, 5.74) is 5.68. The second kappa shape index (κ2) is 15.9. The minimum atomic E-state index is -0.249. The van der Waals surface area contributed by atoms with Crippen molar-refractivity contribution in [2.45, 2.75) is 91.1 Å². The van der Waals surface area contributed by atoms with E-state index in [2.05, 4.69) is 74.5 Å². The Bertz CT molecular complexity index is 1050. The number of carbonyl (C=O) groups excluding carboxylic acids is 1. The third-order valence-corrected chi connectivity index (χ3v) is 6.84. The predicted octanol–water partition coefficient (Wildman–Crippen LogP) is 9.94. The molecule has 0 aromatic heterocycles. The molecule has 0 saturated heterocycles. The van der Waals surface area contributed by atoms with Crippen LogP contribution in [0, 0.1) is 0 Å². The summed E-state index contributed by atoms with van der Waals surface area (Å²) in [5.74, 6) is 0.812. The van der Waals surface area contributed by atoms with Crippen LogP contribution >= 0.6 is 0 Å². The maximum absolute atomic E-state index is 12.3. The van der Waals surface area contributed by atoms with E-state index in [1.807, 2.05) is 19.1 Å². The average Bonchev–Trinajstić information content (AvgIpc) is 2.93. The van der Waals surface area contributed by atoms with Crippen molar-refractivity contribution in [1.29, 1.82) is 0 Å². The zero-order chi connectivity index (χ0) is 26.3. The SMILES string of the molecule is CCCCCCCCCC(=O)OC(C)c1ccc(-c2ccccc2-c2ccc(OCCCC)cc2)cc1. The maximum atomic E-state index is 12.3. The lowest BCUT2D eigenvalue weighted by Gasteiger charge is -2.15. The number of unbranched alkanes of at least 4 members (excludes halogenated alkanes) is 7. The van der Waals surface area contributed by atoms with E-state index >= 15 is 0 Å². The van der Waals surface area contributed by atoms with Gasteiger partial charge in [0.15, 0.2) is 0 Å². The van der Waals surface area contributed by atoms with Gasteiger partial charge < -0.3 is 9.47 Å². The van der Waals surface area contributed by atoms with Gasteiger partial charge in [-0.1, -0.05) is 119 Å². The van der Waals surface area contributed by atoms with Gasteiger partial charge in [-0.05, 0) is 59.7 Å². The van der Waals surface area contributed by atoms with Crippen molar-refractivity contribution in [2.24, 2.45) is 0 Å². The number of benzene rings is 3. The van der Waals surface area contributed by atoms with Gasteiger partial charge in [0.2, 0.25) is 0 Å². The Kier molecular flexibility index (Phi) is 12.3. The zero-order valence-electron chi connectivity index (χ0n) is 23.0. The van der Waals surface area contributed by atoms with Crippen LogP contribution in [-0.4, -0.2) is 12.6 Å². The molecular weight excluding hydrogens is 456 g/mol. The lowest BCUT2D eigenvalue weighted by atomic mass is 9.94. The van der Waals surface area contributed by atoms with E-state index in [1.54, 1.807) is 0 Å². The summed E-state index contributed by atoms with van der Waals surface area (Å²) in [6, 6.07) is 25.2. The molecule has 0 radical (unpaired) electrons. The molecule has 0 N–H and O–H groups in total. The average molecular weight is 501 g/mol. The van der Waals surface area contributed by atoms with Gasteiger partial charge in [-0.2, -0.15) is 0 Å². The molecule has 1 atom stereocenters. The predicted molar refractivity (Wildman–Crippen MR) is 155 cm³/mol. The molecule has 3 aromatic carbocycles. The van der Waals surface area contributed by atoms with Gasteiger partial charge >= 0.3 is 5.97 Å². The standard InChI is InChI=1S/C34H44O3/c1-4-6-8-9-10-11-12-17-34(35)37-27(3)28-18-20-29(21-19-28)32-15-13-14-16-33(32)30-22-24-31(25-23-30)36-26-7-5-2/h13-16,18-25,27H,4-12,17,26H2,1-3H3. The number of ether oxygens (including phenoxy) is 2. The van der Waals surface area contributed by atoms with Crippen molar-refractivity contribution in [3.05, 3.63) is 78.4 Å². The molecule has 37 heavy (non-hydrogen) atoms. The summed E-state index contributed by atoms with van der Waals surface area (Å²) in [6.45, 7) is 7.11. The highest BCUT2D eigenvalue weighted by Crippen LogP contribution is 2.33. The summed E-state index contributed by atoms with van der Waals surface area (Å²) >= 11 is 0. The molecule has 0 saturated carbocycles. The lowest BCUT2D eigenvalue weighted by molar-refractivity contribution is -0.148. The highest BCUT2D eigenvalue weighted by molar-refractivity contribution is 5.83. The van der Waals surface area contributed by atoms with Gasteiger partial charge in [-0.25, -0.2) is 0 Å².